The van der Waals surface area contributed by atoms with Crippen molar-refractivity contribution in [3.8, 4) is 0 Å². The fourth-order valence-electron chi connectivity index (χ4n) is 1.77. The van der Waals surface area contributed by atoms with Crippen molar-refractivity contribution in [1.29, 1.82) is 0 Å². The summed E-state index contributed by atoms with van der Waals surface area (Å²) >= 11 is 0. The molecule has 1 aliphatic rings. The maximum absolute atomic E-state index is 10.0. The zero-order valence-corrected chi connectivity index (χ0v) is 8.54. The Balaban J connectivity index is 2.00. The Hall–Kier alpha value is -0.900. The van der Waals surface area contributed by atoms with Gasteiger partial charge in [0.05, 0.1) is 18.8 Å². The average molecular weight is 208 g/mol. The molecule has 3 heteroatoms. The van der Waals surface area contributed by atoms with E-state index in [-0.39, 0.29) is 18.6 Å². The molecule has 3 atom stereocenters. The van der Waals surface area contributed by atoms with E-state index in [1.807, 2.05) is 30.3 Å². The van der Waals surface area contributed by atoms with Crippen molar-refractivity contribution in [3.05, 3.63) is 35.9 Å². The summed E-state index contributed by atoms with van der Waals surface area (Å²) in [5.41, 5.74) is 0.859. The van der Waals surface area contributed by atoms with Crippen molar-refractivity contribution in [2.45, 2.75) is 18.6 Å². The number of aliphatic hydroxyl groups excluding tert-OH is 2. The van der Waals surface area contributed by atoms with Crippen LogP contribution >= 0.6 is 0 Å². The molecule has 0 bridgehead atoms. The smallest absolute Gasteiger partial charge is 0.0841 e. The van der Waals surface area contributed by atoms with Gasteiger partial charge in [-0.05, 0) is 12.0 Å². The summed E-state index contributed by atoms with van der Waals surface area (Å²) < 4.78 is 5.10. The minimum Gasteiger partial charge on any atom is -0.396 e. The van der Waals surface area contributed by atoms with Gasteiger partial charge in [0.2, 0.25) is 0 Å². The van der Waals surface area contributed by atoms with Crippen LogP contribution in [0.2, 0.25) is 0 Å². The van der Waals surface area contributed by atoms with Gasteiger partial charge in [-0.25, -0.2) is 0 Å². The normalized spacial score (nSPS) is 23.5. The van der Waals surface area contributed by atoms with Crippen molar-refractivity contribution in [2.24, 2.45) is 5.92 Å². The molecule has 0 aliphatic carbocycles. The molecule has 1 heterocycles. The van der Waals surface area contributed by atoms with Crippen LogP contribution in [0.1, 0.15) is 18.1 Å². The van der Waals surface area contributed by atoms with Gasteiger partial charge in [0, 0.05) is 12.5 Å². The Bertz CT molecular complexity index is 295. The molecule has 2 rings (SSSR count). The second-order valence-electron chi connectivity index (χ2n) is 3.99. The van der Waals surface area contributed by atoms with Crippen LogP contribution in [0.5, 0.6) is 0 Å². The van der Waals surface area contributed by atoms with Crippen molar-refractivity contribution in [3.63, 3.8) is 0 Å². The lowest BCUT2D eigenvalue weighted by atomic mass is 9.92. The quantitative estimate of drug-likeness (QED) is 0.713. The molecular weight excluding hydrogens is 192 g/mol. The van der Waals surface area contributed by atoms with Gasteiger partial charge in [0.15, 0.2) is 0 Å². The molecule has 0 saturated carbocycles. The SMILES string of the molecule is OCC(CC1CO1)C(O)c1ccccc1. The van der Waals surface area contributed by atoms with Crippen LogP contribution in [0, 0.1) is 5.92 Å². The van der Waals surface area contributed by atoms with Crippen LogP contribution in [0.25, 0.3) is 0 Å². The molecule has 1 saturated heterocycles. The van der Waals surface area contributed by atoms with Gasteiger partial charge in [-0.2, -0.15) is 0 Å². The highest BCUT2D eigenvalue weighted by Crippen LogP contribution is 2.29. The van der Waals surface area contributed by atoms with Gasteiger partial charge in [-0.15, -0.1) is 0 Å². The Kier molecular flexibility index (Phi) is 3.36. The Labute approximate surface area is 89.3 Å². The maximum atomic E-state index is 10.0. The van der Waals surface area contributed by atoms with Crippen molar-refractivity contribution in [1.82, 2.24) is 0 Å². The lowest BCUT2D eigenvalue weighted by Crippen LogP contribution is -2.18. The lowest BCUT2D eigenvalue weighted by Gasteiger charge is -2.20. The predicted molar refractivity (Wildman–Crippen MR) is 56.3 cm³/mol. The monoisotopic (exact) mass is 208 g/mol. The highest BCUT2D eigenvalue weighted by molar-refractivity contribution is 5.18. The molecule has 3 nitrogen and oxygen atoms in total. The first-order valence-corrected chi connectivity index (χ1v) is 5.26. The molecule has 1 aromatic carbocycles. The van der Waals surface area contributed by atoms with E-state index in [0.29, 0.717) is 0 Å². The molecule has 0 amide bonds. The summed E-state index contributed by atoms with van der Waals surface area (Å²) in [4.78, 5) is 0. The van der Waals surface area contributed by atoms with E-state index in [1.54, 1.807) is 0 Å². The summed E-state index contributed by atoms with van der Waals surface area (Å²) in [7, 11) is 0. The summed E-state index contributed by atoms with van der Waals surface area (Å²) in [6.45, 7) is 0.758. The topological polar surface area (TPSA) is 53.0 Å². The van der Waals surface area contributed by atoms with Crippen molar-refractivity contribution in [2.75, 3.05) is 13.2 Å². The molecule has 0 radical (unpaired) electrons. The predicted octanol–water partition coefficient (Wildman–Crippen LogP) is 1.12. The molecule has 1 aromatic rings. The van der Waals surface area contributed by atoms with Gasteiger partial charge < -0.3 is 14.9 Å². The van der Waals surface area contributed by atoms with Gasteiger partial charge in [0.1, 0.15) is 0 Å². The van der Waals surface area contributed by atoms with E-state index in [2.05, 4.69) is 0 Å². The first-order valence-electron chi connectivity index (χ1n) is 5.26. The molecule has 82 valence electrons. The molecular formula is C12H16O3. The summed E-state index contributed by atoms with van der Waals surface area (Å²) in [5.74, 6) is -0.125. The Morgan fingerprint density at radius 2 is 2.00 bits per heavy atom. The minimum absolute atomic E-state index is 0.00405. The number of hydrogen-bond donors (Lipinski definition) is 2. The second kappa shape index (κ2) is 4.75. The number of hydrogen-bond acceptors (Lipinski definition) is 3. The van der Waals surface area contributed by atoms with E-state index in [0.717, 1.165) is 18.6 Å². The fourth-order valence-corrected chi connectivity index (χ4v) is 1.77. The van der Waals surface area contributed by atoms with E-state index in [1.165, 1.54) is 0 Å². The summed E-state index contributed by atoms with van der Waals surface area (Å²) in [5, 5.41) is 19.3. The molecule has 0 aromatic heterocycles. The molecule has 1 aliphatic heterocycles. The number of aliphatic hydroxyl groups is 2. The zero-order valence-electron chi connectivity index (χ0n) is 8.54. The zero-order chi connectivity index (χ0) is 10.7. The summed E-state index contributed by atoms with van der Waals surface area (Å²) in [6.07, 6.45) is 0.368. The molecule has 15 heavy (non-hydrogen) atoms. The van der Waals surface area contributed by atoms with Gasteiger partial charge in [0.25, 0.3) is 0 Å². The van der Waals surface area contributed by atoms with Crippen LogP contribution in [0.3, 0.4) is 0 Å². The van der Waals surface area contributed by atoms with E-state index in [9.17, 15) is 10.2 Å². The first kappa shape index (κ1) is 10.6. The largest absolute Gasteiger partial charge is 0.396 e. The number of ether oxygens (including phenoxy) is 1. The molecule has 3 unspecified atom stereocenters. The van der Waals surface area contributed by atoms with E-state index < -0.39 is 6.10 Å². The number of epoxide rings is 1. The number of rotatable bonds is 5. The molecule has 2 N–H and O–H groups in total. The molecule has 1 fully saturated rings. The highest BCUT2D eigenvalue weighted by Gasteiger charge is 2.30. The Morgan fingerprint density at radius 3 is 2.53 bits per heavy atom. The third-order valence-electron chi connectivity index (χ3n) is 2.79. The average Bonchev–Trinajstić information content (AvgIpc) is 3.10. The van der Waals surface area contributed by atoms with Crippen molar-refractivity contribution < 1.29 is 14.9 Å². The van der Waals surface area contributed by atoms with Crippen LogP contribution < -0.4 is 0 Å². The summed E-state index contributed by atoms with van der Waals surface area (Å²) in [6, 6.07) is 9.44. The number of benzene rings is 1. The van der Waals surface area contributed by atoms with Crippen molar-refractivity contribution >= 4 is 0 Å². The fraction of sp³-hybridized carbons (Fsp3) is 0.500. The van der Waals surface area contributed by atoms with E-state index in [4.69, 9.17) is 4.74 Å². The van der Waals surface area contributed by atoms with Gasteiger partial charge in [-0.3, -0.25) is 0 Å². The Morgan fingerprint density at radius 1 is 1.33 bits per heavy atom. The standard InChI is InChI=1S/C12H16O3/c13-7-10(6-11-8-15-11)12(14)9-4-2-1-3-5-9/h1-5,10-14H,6-8H2. The maximum Gasteiger partial charge on any atom is 0.0841 e. The third-order valence-corrected chi connectivity index (χ3v) is 2.79. The van der Waals surface area contributed by atoms with Gasteiger partial charge >= 0.3 is 0 Å². The van der Waals surface area contributed by atoms with E-state index >= 15 is 0 Å². The van der Waals surface area contributed by atoms with Gasteiger partial charge in [-0.1, -0.05) is 30.3 Å². The van der Waals surface area contributed by atoms with Crippen LogP contribution in [0.4, 0.5) is 0 Å². The van der Waals surface area contributed by atoms with Crippen LogP contribution in [-0.2, 0) is 4.74 Å². The van der Waals surface area contributed by atoms with Crippen LogP contribution in [0.15, 0.2) is 30.3 Å². The third kappa shape index (κ3) is 2.78. The first-order chi connectivity index (χ1) is 7.31. The minimum atomic E-state index is -0.597. The highest BCUT2D eigenvalue weighted by atomic mass is 16.6. The molecule has 0 spiro atoms. The van der Waals surface area contributed by atoms with Crippen LogP contribution in [-0.4, -0.2) is 29.5 Å². The second-order valence-corrected chi connectivity index (χ2v) is 3.99. The lowest BCUT2D eigenvalue weighted by molar-refractivity contribution is 0.0572.